The number of urea groups is 1. The Hall–Kier alpha value is -2.08. The van der Waals surface area contributed by atoms with Crippen LogP contribution in [-0.4, -0.2) is 25.1 Å². The Labute approximate surface area is 112 Å². The van der Waals surface area contributed by atoms with E-state index in [0.29, 0.717) is 5.75 Å². The van der Waals surface area contributed by atoms with E-state index in [-0.39, 0.29) is 6.04 Å². The minimum atomic E-state index is -0.891. The summed E-state index contributed by atoms with van der Waals surface area (Å²) in [6.45, 7) is 3.54. The number of amides is 3. The number of para-hydroxylation sites is 1. The Kier molecular flexibility index (Phi) is 5.32. The zero-order chi connectivity index (χ0) is 14.4. The number of rotatable bonds is 5. The Morgan fingerprint density at radius 3 is 2.47 bits per heavy atom. The molecule has 2 unspecified atom stereocenters. The van der Waals surface area contributed by atoms with E-state index in [1.165, 1.54) is 0 Å². The van der Waals surface area contributed by atoms with E-state index >= 15 is 0 Å². The molecule has 0 heterocycles. The summed E-state index contributed by atoms with van der Waals surface area (Å²) in [5.74, 6) is 0.0240. The van der Waals surface area contributed by atoms with E-state index in [9.17, 15) is 9.59 Å². The average molecular weight is 265 g/mol. The number of nitrogens with two attached hydrogens (primary N) is 1. The summed E-state index contributed by atoms with van der Waals surface area (Å²) in [5, 5.41) is 5.09. The molecule has 1 rings (SSSR count). The molecule has 104 valence electrons. The second kappa shape index (κ2) is 6.75. The van der Waals surface area contributed by atoms with Gasteiger partial charge in [0.1, 0.15) is 5.75 Å². The number of benzene rings is 1. The van der Waals surface area contributed by atoms with Crippen LogP contribution in [0.5, 0.6) is 5.75 Å². The summed E-state index contributed by atoms with van der Waals surface area (Å²) < 4.78 is 5.57. The lowest BCUT2D eigenvalue weighted by Gasteiger charge is -2.19. The van der Waals surface area contributed by atoms with E-state index < -0.39 is 18.0 Å². The van der Waals surface area contributed by atoms with Gasteiger partial charge in [-0.1, -0.05) is 18.2 Å². The van der Waals surface area contributed by atoms with Gasteiger partial charge >= 0.3 is 6.03 Å². The zero-order valence-electron chi connectivity index (χ0n) is 11.3. The number of hydrogen-bond donors (Lipinski definition) is 3. The SMILES string of the molecule is CNC(C)c1ccccc1OC(C)C(=O)NC(N)=O. The van der Waals surface area contributed by atoms with Gasteiger partial charge in [0.2, 0.25) is 0 Å². The van der Waals surface area contributed by atoms with Gasteiger partial charge in [-0.3, -0.25) is 10.1 Å². The van der Waals surface area contributed by atoms with Crippen LogP contribution in [0.2, 0.25) is 0 Å². The predicted molar refractivity (Wildman–Crippen MR) is 71.7 cm³/mol. The molecule has 4 N–H and O–H groups in total. The van der Waals surface area contributed by atoms with Gasteiger partial charge in [-0.05, 0) is 27.0 Å². The molecule has 3 amide bonds. The molecular formula is C13H19N3O3. The predicted octanol–water partition coefficient (Wildman–Crippen LogP) is 0.929. The van der Waals surface area contributed by atoms with Crippen LogP contribution in [0.4, 0.5) is 4.79 Å². The van der Waals surface area contributed by atoms with Gasteiger partial charge in [-0.15, -0.1) is 0 Å². The number of primary amides is 1. The van der Waals surface area contributed by atoms with Gasteiger partial charge in [0, 0.05) is 11.6 Å². The lowest BCUT2D eigenvalue weighted by Crippen LogP contribution is -2.42. The van der Waals surface area contributed by atoms with Crippen molar-refractivity contribution in [1.82, 2.24) is 10.6 Å². The van der Waals surface area contributed by atoms with Gasteiger partial charge in [0.15, 0.2) is 6.10 Å². The van der Waals surface area contributed by atoms with Crippen LogP contribution in [-0.2, 0) is 4.79 Å². The number of imide groups is 1. The summed E-state index contributed by atoms with van der Waals surface area (Å²) in [7, 11) is 1.84. The molecule has 0 aliphatic heterocycles. The molecule has 0 saturated heterocycles. The van der Waals surface area contributed by atoms with Gasteiger partial charge in [-0.25, -0.2) is 4.79 Å². The summed E-state index contributed by atoms with van der Waals surface area (Å²) >= 11 is 0. The van der Waals surface area contributed by atoms with E-state index in [1.54, 1.807) is 13.0 Å². The fourth-order valence-electron chi connectivity index (χ4n) is 1.57. The van der Waals surface area contributed by atoms with Crippen LogP contribution in [0.1, 0.15) is 25.5 Å². The fraction of sp³-hybridized carbons (Fsp3) is 0.385. The van der Waals surface area contributed by atoms with Gasteiger partial charge < -0.3 is 15.8 Å². The van der Waals surface area contributed by atoms with E-state index in [1.807, 2.05) is 37.5 Å². The van der Waals surface area contributed by atoms with Crippen molar-refractivity contribution >= 4 is 11.9 Å². The molecule has 0 bridgehead atoms. The molecule has 6 heteroatoms. The first-order valence-corrected chi connectivity index (χ1v) is 5.98. The first-order chi connectivity index (χ1) is 8.95. The first kappa shape index (κ1) is 15.0. The molecule has 0 saturated carbocycles. The van der Waals surface area contributed by atoms with E-state index in [4.69, 9.17) is 10.5 Å². The van der Waals surface area contributed by atoms with Crippen LogP contribution in [0.15, 0.2) is 24.3 Å². The Bertz CT molecular complexity index is 462. The van der Waals surface area contributed by atoms with Crippen molar-refractivity contribution in [3.63, 3.8) is 0 Å². The second-order valence-electron chi connectivity index (χ2n) is 4.16. The third kappa shape index (κ3) is 4.26. The van der Waals surface area contributed by atoms with Crippen molar-refractivity contribution in [3.05, 3.63) is 29.8 Å². The molecule has 0 radical (unpaired) electrons. The van der Waals surface area contributed by atoms with Crippen LogP contribution in [0.3, 0.4) is 0 Å². The smallest absolute Gasteiger partial charge is 0.318 e. The highest BCUT2D eigenvalue weighted by molar-refractivity contribution is 5.95. The van der Waals surface area contributed by atoms with E-state index in [2.05, 4.69) is 5.32 Å². The highest BCUT2D eigenvalue weighted by atomic mass is 16.5. The quantitative estimate of drug-likeness (QED) is 0.738. The van der Waals surface area contributed by atoms with Crippen LogP contribution in [0.25, 0.3) is 0 Å². The van der Waals surface area contributed by atoms with Crippen molar-refractivity contribution < 1.29 is 14.3 Å². The van der Waals surface area contributed by atoms with E-state index in [0.717, 1.165) is 5.56 Å². The third-order valence-corrected chi connectivity index (χ3v) is 2.74. The summed E-state index contributed by atoms with van der Waals surface area (Å²) in [6.07, 6.45) is -0.808. The van der Waals surface area contributed by atoms with Crippen LogP contribution in [0, 0.1) is 0 Å². The second-order valence-corrected chi connectivity index (χ2v) is 4.16. The molecule has 2 atom stereocenters. The lowest BCUT2D eigenvalue weighted by molar-refractivity contribution is -0.126. The molecule has 0 spiro atoms. The van der Waals surface area contributed by atoms with Gasteiger partial charge in [-0.2, -0.15) is 0 Å². The fourth-order valence-corrected chi connectivity index (χ4v) is 1.57. The molecule has 0 aromatic heterocycles. The standard InChI is InChI=1S/C13H19N3O3/c1-8(15-3)10-6-4-5-7-11(10)19-9(2)12(17)16-13(14)18/h4-9,15H,1-3H3,(H3,14,16,17,18). The summed E-state index contributed by atoms with van der Waals surface area (Å²) in [4.78, 5) is 22.2. The van der Waals surface area contributed by atoms with Crippen molar-refractivity contribution in [3.8, 4) is 5.75 Å². The normalized spacial score (nSPS) is 13.4. The molecule has 1 aromatic carbocycles. The van der Waals surface area contributed by atoms with Crippen molar-refractivity contribution in [2.24, 2.45) is 5.73 Å². The topological polar surface area (TPSA) is 93.4 Å². The summed E-state index contributed by atoms with van der Waals surface area (Å²) in [5.41, 5.74) is 5.82. The minimum absolute atomic E-state index is 0.0857. The Morgan fingerprint density at radius 2 is 1.89 bits per heavy atom. The van der Waals surface area contributed by atoms with Crippen LogP contribution < -0.4 is 21.1 Å². The summed E-state index contributed by atoms with van der Waals surface area (Å²) in [6, 6.07) is 6.59. The third-order valence-electron chi connectivity index (χ3n) is 2.74. The molecule has 0 aliphatic rings. The largest absolute Gasteiger partial charge is 0.481 e. The minimum Gasteiger partial charge on any atom is -0.481 e. The maximum atomic E-state index is 11.6. The monoisotopic (exact) mass is 265 g/mol. The highest BCUT2D eigenvalue weighted by Crippen LogP contribution is 2.25. The molecule has 1 aromatic rings. The number of ether oxygens (including phenoxy) is 1. The molecule has 0 aliphatic carbocycles. The first-order valence-electron chi connectivity index (χ1n) is 5.98. The Balaban J connectivity index is 2.81. The maximum Gasteiger partial charge on any atom is 0.318 e. The van der Waals surface area contributed by atoms with Crippen molar-refractivity contribution in [2.45, 2.75) is 26.0 Å². The zero-order valence-corrected chi connectivity index (χ0v) is 11.3. The molecule has 19 heavy (non-hydrogen) atoms. The highest BCUT2D eigenvalue weighted by Gasteiger charge is 2.18. The van der Waals surface area contributed by atoms with Crippen molar-refractivity contribution in [1.29, 1.82) is 0 Å². The molecule has 6 nitrogen and oxygen atoms in total. The number of nitrogens with one attached hydrogen (secondary N) is 2. The van der Waals surface area contributed by atoms with Crippen molar-refractivity contribution in [2.75, 3.05) is 7.05 Å². The van der Waals surface area contributed by atoms with Gasteiger partial charge in [0.05, 0.1) is 0 Å². The number of hydrogen-bond acceptors (Lipinski definition) is 4. The number of carbonyl (C=O) groups is 2. The maximum absolute atomic E-state index is 11.6. The van der Waals surface area contributed by atoms with Gasteiger partial charge in [0.25, 0.3) is 5.91 Å². The van der Waals surface area contributed by atoms with Crippen LogP contribution >= 0.6 is 0 Å². The molecule has 0 fully saturated rings. The molecular weight excluding hydrogens is 246 g/mol. The Morgan fingerprint density at radius 1 is 1.26 bits per heavy atom. The lowest BCUT2D eigenvalue weighted by atomic mass is 10.1. The number of carbonyl (C=O) groups excluding carboxylic acids is 2. The average Bonchev–Trinajstić information content (AvgIpc) is 2.37.